The molecular formula is C17H18N2O. The summed E-state index contributed by atoms with van der Waals surface area (Å²) in [6, 6.07) is 12.1. The van der Waals surface area contributed by atoms with Gasteiger partial charge in [0, 0.05) is 6.20 Å². The average molecular weight is 266 g/mol. The fourth-order valence-corrected chi connectivity index (χ4v) is 3.05. The van der Waals surface area contributed by atoms with Crippen molar-refractivity contribution < 1.29 is 4.79 Å². The number of hydrogen-bond donors (Lipinski definition) is 1. The van der Waals surface area contributed by atoms with Gasteiger partial charge < -0.3 is 5.73 Å². The van der Waals surface area contributed by atoms with E-state index in [0.29, 0.717) is 11.5 Å². The van der Waals surface area contributed by atoms with Crippen LogP contribution in [0.15, 0.2) is 42.6 Å². The summed E-state index contributed by atoms with van der Waals surface area (Å²) in [5, 5.41) is 0. The van der Waals surface area contributed by atoms with Crippen molar-refractivity contribution in [3.63, 3.8) is 0 Å². The number of fused-ring (bicyclic) bond motifs is 1. The number of pyridine rings is 1. The maximum absolute atomic E-state index is 11.4. The van der Waals surface area contributed by atoms with Gasteiger partial charge in [-0.05, 0) is 54.9 Å². The lowest BCUT2D eigenvalue weighted by Crippen LogP contribution is -2.20. The van der Waals surface area contributed by atoms with Crippen molar-refractivity contribution in [2.45, 2.75) is 25.7 Å². The summed E-state index contributed by atoms with van der Waals surface area (Å²) in [4.78, 5) is 15.8. The normalized spacial score (nSPS) is 17.5. The van der Waals surface area contributed by atoms with Gasteiger partial charge in [-0.1, -0.05) is 24.3 Å². The van der Waals surface area contributed by atoms with E-state index in [1.165, 1.54) is 11.1 Å². The number of nitrogens with two attached hydrogens (primary N) is 1. The number of carbonyl (C=O) groups excluding carboxylic acids is 1. The van der Waals surface area contributed by atoms with Gasteiger partial charge in [0.05, 0.1) is 11.3 Å². The number of benzene rings is 1. The topological polar surface area (TPSA) is 56.0 Å². The Bertz CT molecular complexity index is 636. The van der Waals surface area contributed by atoms with Gasteiger partial charge in [0.25, 0.3) is 5.91 Å². The highest BCUT2D eigenvalue weighted by molar-refractivity contribution is 5.93. The Morgan fingerprint density at radius 2 is 2.00 bits per heavy atom. The van der Waals surface area contributed by atoms with Gasteiger partial charge >= 0.3 is 0 Å². The molecule has 3 nitrogen and oxygen atoms in total. The van der Waals surface area contributed by atoms with Gasteiger partial charge in [0.1, 0.15) is 0 Å². The van der Waals surface area contributed by atoms with Gasteiger partial charge in [-0.15, -0.1) is 0 Å². The number of amides is 1. The zero-order valence-corrected chi connectivity index (χ0v) is 11.4. The Kier molecular flexibility index (Phi) is 3.50. The molecule has 102 valence electrons. The Hall–Kier alpha value is -2.16. The quantitative estimate of drug-likeness (QED) is 0.928. The van der Waals surface area contributed by atoms with Gasteiger partial charge in [-0.2, -0.15) is 0 Å². The molecule has 0 saturated heterocycles. The molecule has 1 unspecified atom stereocenters. The zero-order chi connectivity index (χ0) is 13.9. The van der Waals surface area contributed by atoms with E-state index in [2.05, 4.69) is 29.2 Å². The molecule has 3 heteroatoms. The minimum Gasteiger partial charge on any atom is -0.366 e. The highest BCUT2D eigenvalue weighted by atomic mass is 16.1. The average Bonchev–Trinajstić information content (AvgIpc) is 2.47. The number of aryl methyl sites for hydroxylation is 1. The Labute approximate surface area is 118 Å². The number of nitrogens with zero attached hydrogens (tertiary/aromatic N) is 1. The van der Waals surface area contributed by atoms with Crippen LogP contribution in [0.5, 0.6) is 0 Å². The van der Waals surface area contributed by atoms with E-state index in [1.54, 1.807) is 18.3 Å². The molecule has 1 aromatic carbocycles. The third-order valence-electron chi connectivity index (χ3n) is 4.09. The number of rotatable bonds is 3. The highest BCUT2D eigenvalue weighted by Gasteiger charge is 2.20. The third kappa shape index (κ3) is 2.57. The first-order valence-electron chi connectivity index (χ1n) is 7.04. The fourth-order valence-electron chi connectivity index (χ4n) is 3.05. The van der Waals surface area contributed by atoms with Gasteiger partial charge in [-0.3, -0.25) is 9.78 Å². The summed E-state index contributed by atoms with van der Waals surface area (Å²) in [6.45, 7) is 0. The van der Waals surface area contributed by atoms with Gasteiger partial charge in [-0.25, -0.2) is 0 Å². The first-order chi connectivity index (χ1) is 9.74. The van der Waals surface area contributed by atoms with E-state index >= 15 is 0 Å². The van der Waals surface area contributed by atoms with E-state index in [-0.39, 0.29) is 5.91 Å². The lowest BCUT2D eigenvalue weighted by atomic mass is 9.81. The predicted molar refractivity (Wildman–Crippen MR) is 78.4 cm³/mol. The SMILES string of the molecule is NC(=O)c1cccnc1CC1CCc2ccccc2C1. The van der Waals surface area contributed by atoms with Crippen LogP contribution < -0.4 is 5.73 Å². The molecule has 2 aromatic rings. The number of primary amides is 1. The second kappa shape index (κ2) is 5.45. The second-order valence-corrected chi connectivity index (χ2v) is 5.44. The fraction of sp³-hybridized carbons (Fsp3) is 0.294. The van der Waals surface area contributed by atoms with Crippen molar-refractivity contribution in [1.29, 1.82) is 0 Å². The molecule has 1 aromatic heterocycles. The maximum atomic E-state index is 11.4. The summed E-state index contributed by atoms with van der Waals surface area (Å²) in [7, 11) is 0. The van der Waals surface area contributed by atoms with Crippen molar-refractivity contribution in [3.05, 3.63) is 65.0 Å². The molecule has 0 aliphatic heterocycles. The molecule has 3 rings (SSSR count). The van der Waals surface area contributed by atoms with E-state index in [9.17, 15) is 4.79 Å². The molecule has 0 radical (unpaired) electrons. The van der Waals surface area contributed by atoms with Crippen LogP contribution in [0.4, 0.5) is 0 Å². The summed E-state index contributed by atoms with van der Waals surface area (Å²) >= 11 is 0. The van der Waals surface area contributed by atoms with Crippen molar-refractivity contribution in [1.82, 2.24) is 4.98 Å². The molecule has 1 heterocycles. The van der Waals surface area contributed by atoms with Crippen LogP contribution >= 0.6 is 0 Å². The predicted octanol–water partition coefficient (Wildman–Crippen LogP) is 2.53. The first kappa shape index (κ1) is 12.9. The lowest BCUT2D eigenvalue weighted by molar-refractivity contribution is 0.0998. The third-order valence-corrected chi connectivity index (χ3v) is 4.09. The van der Waals surface area contributed by atoms with Crippen molar-refractivity contribution >= 4 is 5.91 Å². The Balaban J connectivity index is 1.79. The molecule has 0 spiro atoms. The smallest absolute Gasteiger partial charge is 0.250 e. The minimum absolute atomic E-state index is 0.385. The molecule has 1 aliphatic rings. The number of hydrogen-bond acceptors (Lipinski definition) is 2. The summed E-state index contributed by atoms with van der Waals surface area (Å²) < 4.78 is 0. The van der Waals surface area contributed by atoms with Crippen molar-refractivity contribution in [3.8, 4) is 0 Å². The van der Waals surface area contributed by atoms with E-state index in [1.807, 2.05) is 0 Å². The highest BCUT2D eigenvalue weighted by Crippen LogP contribution is 2.28. The molecule has 1 aliphatic carbocycles. The summed E-state index contributed by atoms with van der Waals surface area (Å²) in [5.74, 6) is 0.155. The Morgan fingerprint density at radius 1 is 1.20 bits per heavy atom. The minimum atomic E-state index is -0.385. The van der Waals surface area contributed by atoms with Crippen LogP contribution in [-0.2, 0) is 19.3 Å². The summed E-state index contributed by atoms with van der Waals surface area (Å²) in [6.07, 6.45) is 5.88. The van der Waals surface area contributed by atoms with Gasteiger partial charge in [0.2, 0.25) is 0 Å². The standard InChI is InChI=1S/C17H18N2O/c18-17(20)15-6-3-9-19-16(15)11-12-7-8-13-4-1-2-5-14(13)10-12/h1-6,9,12H,7-8,10-11H2,(H2,18,20). The van der Waals surface area contributed by atoms with E-state index in [4.69, 9.17) is 5.73 Å². The lowest BCUT2D eigenvalue weighted by Gasteiger charge is -2.24. The number of aromatic nitrogens is 1. The second-order valence-electron chi connectivity index (χ2n) is 5.44. The largest absolute Gasteiger partial charge is 0.366 e. The van der Waals surface area contributed by atoms with Crippen LogP contribution in [0.3, 0.4) is 0 Å². The number of carbonyl (C=O) groups is 1. The molecule has 1 amide bonds. The van der Waals surface area contributed by atoms with E-state index < -0.39 is 0 Å². The van der Waals surface area contributed by atoms with Crippen LogP contribution in [0.25, 0.3) is 0 Å². The molecular weight excluding hydrogens is 248 g/mol. The monoisotopic (exact) mass is 266 g/mol. The first-order valence-corrected chi connectivity index (χ1v) is 7.04. The van der Waals surface area contributed by atoms with Crippen LogP contribution in [0.2, 0.25) is 0 Å². The Morgan fingerprint density at radius 3 is 2.80 bits per heavy atom. The van der Waals surface area contributed by atoms with Crippen LogP contribution in [0.1, 0.15) is 33.6 Å². The summed E-state index contributed by atoms with van der Waals surface area (Å²) in [5.41, 5.74) is 9.71. The van der Waals surface area contributed by atoms with E-state index in [0.717, 1.165) is 31.4 Å². The van der Waals surface area contributed by atoms with Gasteiger partial charge in [0.15, 0.2) is 0 Å². The van der Waals surface area contributed by atoms with Crippen LogP contribution in [-0.4, -0.2) is 10.9 Å². The molecule has 1 atom stereocenters. The van der Waals surface area contributed by atoms with Crippen molar-refractivity contribution in [2.24, 2.45) is 11.7 Å². The zero-order valence-electron chi connectivity index (χ0n) is 11.4. The molecule has 0 bridgehead atoms. The molecule has 0 fully saturated rings. The maximum Gasteiger partial charge on any atom is 0.250 e. The molecule has 20 heavy (non-hydrogen) atoms. The molecule has 2 N–H and O–H groups in total. The van der Waals surface area contributed by atoms with Crippen molar-refractivity contribution in [2.75, 3.05) is 0 Å². The van der Waals surface area contributed by atoms with Crippen LogP contribution in [0, 0.1) is 5.92 Å². The molecule has 0 saturated carbocycles.